The highest BCUT2D eigenvalue weighted by Gasteiger charge is 2.30. The van der Waals surface area contributed by atoms with E-state index in [4.69, 9.17) is 0 Å². The molecular formula is C19H26N4OS. The van der Waals surface area contributed by atoms with Crippen LogP contribution >= 0.6 is 11.8 Å². The van der Waals surface area contributed by atoms with Crippen LogP contribution in [0.5, 0.6) is 0 Å². The molecule has 0 spiro atoms. The highest BCUT2D eigenvalue weighted by Crippen LogP contribution is 2.40. The first-order chi connectivity index (χ1) is 12.1. The molecule has 0 saturated heterocycles. The molecule has 1 aromatic carbocycles. The Bertz CT molecular complexity index is 695. The minimum absolute atomic E-state index is 0.102. The van der Waals surface area contributed by atoms with E-state index in [0.29, 0.717) is 24.9 Å². The van der Waals surface area contributed by atoms with E-state index in [1.165, 1.54) is 18.4 Å². The fraction of sp³-hybridized carbons (Fsp3) is 0.526. The van der Waals surface area contributed by atoms with E-state index < -0.39 is 0 Å². The van der Waals surface area contributed by atoms with Crippen LogP contribution in [-0.4, -0.2) is 33.0 Å². The fourth-order valence-electron chi connectivity index (χ4n) is 2.77. The fourth-order valence-corrected chi connectivity index (χ4v) is 3.72. The molecule has 0 aliphatic heterocycles. The number of hydrogen-bond acceptors (Lipinski definition) is 4. The van der Waals surface area contributed by atoms with Gasteiger partial charge in [0, 0.05) is 30.7 Å². The van der Waals surface area contributed by atoms with Crippen molar-refractivity contribution in [2.24, 2.45) is 0 Å². The molecule has 1 saturated carbocycles. The minimum atomic E-state index is 0.102. The van der Waals surface area contributed by atoms with Gasteiger partial charge in [-0.3, -0.25) is 4.79 Å². The Hall–Kier alpha value is -1.82. The lowest BCUT2D eigenvalue weighted by Gasteiger charge is -2.10. The smallest absolute Gasteiger partial charge is 0.220 e. The maximum atomic E-state index is 12.0. The van der Waals surface area contributed by atoms with Crippen LogP contribution < -0.4 is 5.32 Å². The third-order valence-electron chi connectivity index (χ3n) is 4.26. The van der Waals surface area contributed by atoms with Crippen molar-refractivity contribution in [3.8, 4) is 0 Å². The Kier molecular flexibility index (Phi) is 6.13. The Labute approximate surface area is 153 Å². The highest BCUT2D eigenvalue weighted by molar-refractivity contribution is 7.99. The van der Waals surface area contributed by atoms with Crippen molar-refractivity contribution in [3.05, 3.63) is 41.7 Å². The van der Waals surface area contributed by atoms with E-state index in [2.05, 4.69) is 46.1 Å². The molecule has 0 bridgehead atoms. The van der Waals surface area contributed by atoms with Crippen molar-refractivity contribution >= 4 is 17.7 Å². The standard InChI is InChI=1S/C19H26N4OS/c1-14(2)18-21-22-19(23(18)16-8-9-16)25-13-11-17(24)20-12-10-15-6-4-3-5-7-15/h3-7,14,16H,8-13H2,1-2H3,(H,20,24). The summed E-state index contributed by atoms with van der Waals surface area (Å²) in [5, 5.41) is 12.6. The Morgan fingerprint density at radius 1 is 1.28 bits per heavy atom. The average Bonchev–Trinajstić information content (AvgIpc) is 3.35. The van der Waals surface area contributed by atoms with Crippen molar-refractivity contribution in [2.45, 2.75) is 56.6 Å². The van der Waals surface area contributed by atoms with E-state index >= 15 is 0 Å². The number of rotatable bonds is 9. The van der Waals surface area contributed by atoms with Crippen LogP contribution in [0, 0.1) is 0 Å². The number of hydrogen-bond donors (Lipinski definition) is 1. The van der Waals surface area contributed by atoms with Gasteiger partial charge < -0.3 is 9.88 Å². The van der Waals surface area contributed by atoms with Gasteiger partial charge in [0.1, 0.15) is 5.82 Å². The Morgan fingerprint density at radius 3 is 2.72 bits per heavy atom. The second-order valence-electron chi connectivity index (χ2n) is 6.78. The van der Waals surface area contributed by atoms with Crippen LogP contribution in [0.25, 0.3) is 0 Å². The highest BCUT2D eigenvalue weighted by atomic mass is 32.2. The molecule has 6 heteroatoms. The largest absolute Gasteiger partial charge is 0.356 e. The van der Waals surface area contributed by atoms with E-state index in [-0.39, 0.29) is 5.91 Å². The van der Waals surface area contributed by atoms with Gasteiger partial charge in [0.05, 0.1) is 0 Å². The van der Waals surface area contributed by atoms with Gasteiger partial charge in [0.15, 0.2) is 5.16 Å². The zero-order valence-electron chi connectivity index (χ0n) is 14.9. The summed E-state index contributed by atoms with van der Waals surface area (Å²) in [6.07, 6.45) is 3.80. The van der Waals surface area contributed by atoms with Crippen molar-refractivity contribution in [2.75, 3.05) is 12.3 Å². The topological polar surface area (TPSA) is 59.8 Å². The number of carbonyl (C=O) groups excluding carboxylic acids is 1. The van der Waals surface area contributed by atoms with E-state index in [1.54, 1.807) is 11.8 Å². The summed E-state index contributed by atoms with van der Waals surface area (Å²) in [4.78, 5) is 12.0. The van der Waals surface area contributed by atoms with Gasteiger partial charge in [-0.2, -0.15) is 0 Å². The first kappa shape index (κ1) is 18.0. The van der Waals surface area contributed by atoms with Crippen LogP contribution in [0.4, 0.5) is 0 Å². The van der Waals surface area contributed by atoms with Crippen molar-refractivity contribution in [1.29, 1.82) is 0 Å². The number of amides is 1. The van der Waals surface area contributed by atoms with Gasteiger partial charge in [0.2, 0.25) is 5.91 Å². The van der Waals surface area contributed by atoms with E-state index in [9.17, 15) is 4.79 Å². The first-order valence-electron chi connectivity index (χ1n) is 9.03. The minimum Gasteiger partial charge on any atom is -0.356 e. The Balaban J connectivity index is 1.41. The molecule has 0 radical (unpaired) electrons. The molecule has 1 aromatic heterocycles. The number of aromatic nitrogens is 3. The lowest BCUT2D eigenvalue weighted by atomic mass is 10.1. The molecule has 1 aliphatic carbocycles. The Morgan fingerprint density at radius 2 is 2.04 bits per heavy atom. The number of thioether (sulfide) groups is 1. The molecule has 0 atom stereocenters. The van der Waals surface area contributed by atoms with Gasteiger partial charge in [0.25, 0.3) is 0 Å². The summed E-state index contributed by atoms with van der Waals surface area (Å²) < 4.78 is 2.28. The second kappa shape index (κ2) is 8.52. The van der Waals surface area contributed by atoms with Crippen LogP contribution in [0.2, 0.25) is 0 Å². The predicted octanol–water partition coefficient (Wildman–Crippen LogP) is 3.58. The van der Waals surface area contributed by atoms with Gasteiger partial charge in [-0.25, -0.2) is 0 Å². The molecule has 3 rings (SSSR count). The molecule has 1 aliphatic rings. The maximum Gasteiger partial charge on any atom is 0.220 e. The third-order valence-corrected chi connectivity index (χ3v) is 5.20. The van der Waals surface area contributed by atoms with Crippen LogP contribution in [0.15, 0.2) is 35.5 Å². The first-order valence-corrected chi connectivity index (χ1v) is 10.0. The molecule has 5 nitrogen and oxygen atoms in total. The van der Waals surface area contributed by atoms with Crippen molar-refractivity contribution in [1.82, 2.24) is 20.1 Å². The predicted molar refractivity (Wildman–Crippen MR) is 101 cm³/mol. The summed E-state index contributed by atoms with van der Waals surface area (Å²) in [6.45, 7) is 4.98. The monoisotopic (exact) mass is 358 g/mol. The summed E-state index contributed by atoms with van der Waals surface area (Å²) in [5.74, 6) is 2.28. The number of nitrogens with zero attached hydrogens (tertiary/aromatic N) is 3. The average molecular weight is 359 g/mol. The maximum absolute atomic E-state index is 12.0. The molecular weight excluding hydrogens is 332 g/mol. The van der Waals surface area contributed by atoms with E-state index in [0.717, 1.165) is 23.2 Å². The summed E-state index contributed by atoms with van der Waals surface area (Å²) in [6, 6.07) is 10.8. The summed E-state index contributed by atoms with van der Waals surface area (Å²) in [5.41, 5.74) is 1.25. The van der Waals surface area contributed by atoms with Crippen LogP contribution in [-0.2, 0) is 11.2 Å². The lowest BCUT2D eigenvalue weighted by Crippen LogP contribution is -2.25. The molecule has 1 heterocycles. The number of benzene rings is 1. The van der Waals surface area contributed by atoms with Crippen molar-refractivity contribution in [3.63, 3.8) is 0 Å². The normalized spacial score (nSPS) is 14.0. The zero-order valence-corrected chi connectivity index (χ0v) is 15.8. The molecule has 2 aromatic rings. The molecule has 1 fully saturated rings. The summed E-state index contributed by atoms with van der Waals surface area (Å²) in [7, 11) is 0. The zero-order chi connectivity index (χ0) is 17.6. The van der Waals surface area contributed by atoms with Crippen molar-refractivity contribution < 1.29 is 4.79 Å². The molecule has 134 valence electrons. The van der Waals surface area contributed by atoms with Crippen LogP contribution in [0.1, 0.15) is 56.5 Å². The lowest BCUT2D eigenvalue weighted by molar-refractivity contribution is -0.120. The van der Waals surface area contributed by atoms with E-state index in [1.807, 2.05) is 18.2 Å². The molecule has 1 amide bonds. The molecule has 25 heavy (non-hydrogen) atoms. The van der Waals surface area contributed by atoms with Gasteiger partial charge in [-0.15, -0.1) is 10.2 Å². The van der Waals surface area contributed by atoms with Crippen LogP contribution in [0.3, 0.4) is 0 Å². The van der Waals surface area contributed by atoms with Gasteiger partial charge >= 0.3 is 0 Å². The summed E-state index contributed by atoms with van der Waals surface area (Å²) >= 11 is 1.64. The molecule has 1 N–H and O–H groups in total. The van der Waals surface area contributed by atoms with Gasteiger partial charge in [-0.05, 0) is 24.8 Å². The van der Waals surface area contributed by atoms with Gasteiger partial charge in [-0.1, -0.05) is 55.9 Å². The SMILES string of the molecule is CC(C)c1nnc(SCCC(=O)NCCc2ccccc2)n1C1CC1. The number of carbonyl (C=O) groups is 1. The second-order valence-corrected chi connectivity index (χ2v) is 7.84. The quantitative estimate of drug-likeness (QED) is 0.696. The molecule has 0 unspecified atom stereocenters. The third kappa shape index (κ3) is 5.08. The number of nitrogens with one attached hydrogen (secondary N) is 1.